The molecule has 1 aromatic carbocycles. The summed E-state index contributed by atoms with van der Waals surface area (Å²) in [6, 6.07) is 4.77. The molecule has 0 radical (unpaired) electrons. The number of aliphatic hydroxyl groups excluding tert-OH is 1. The minimum atomic E-state index is -0.854. The Labute approximate surface area is 124 Å². The molecule has 0 saturated carbocycles. The molecule has 1 aromatic rings. The number of ether oxygens (including phenoxy) is 1. The average molecular weight is 294 g/mol. The van der Waals surface area contributed by atoms with Gasteiger partial charge in [0.15, 0.2) is 6.10 Å². The number of hydrogen-bond donors (Lipinski definition) is 3. The first-order valence-corrected chi connectivity index (χ1v) is 6.89. The molecule has 6 heteroatoms. The molecule has 0 heterocycles. The highest BCUT2D eigenvalue weighted by Gasteiger charge is 2.19. The predicted octanol–water partition coefficient (Wildman–Crippen LogP) is 1.66. The molecule has 21 heavy (non-hydrogen) atoms. The maximum Gasteiger partial charge on any atom is 0.321 e. The topological polar surface area (TPSA) is 87.7 Å². The van der Waals surface area contributed by atoms with E-state index >= 15 is 0 Å². The number of carbonyl (C=O) groups is 2. The van der Waals surface area contributed by atoms with Gasteiger partial charge in [-0.3, -0.25) is 10.1 Å². The number of rotatable bonds is 5. The summed E-state index contributed by atoms with van der Waals surface area (Å²) in [6.45, 7) is 7.26. The van der Waals surface area contributed by atoms with Crippen LogP contribution >= 0.6 is 0 Å². The van der Waals surface area contributed by atoms with Crippen molar-refractivity contribution < 1.29 is 19.4 Å². The molecule has 3 amide bonds. The number of carbonyl (C=O) groups excluding carboxylic acids is 2. The quantitative estimate of drug-likeness (QED) is 0.770. The third-order valence-corrected chi connectivity index (χ3v) is 2.86. The molecule has 0 aliphatic carbocycles. The van der Waals surface area contributed by atoms with E-state index in [0.717, 1.165) is 5.56 Å². The van der Waals surface area contributed by atoms with Crippen LogP contribution < -0.4 is 15.4 Å². The number of imide groups is 1. The van der Waals surface area contributed by atoms with Crippen molar-refractivity contribution in [3.05, 3.63) is 29.3 Å². The molecule has 3 N–H and O–H groups in total. The van der Waals surface area contributed by atoms with Gasteiger partial charge in [0.2, 0.25) is 0 Å². The minimum Gasteiger partial charge on any atom is -0.481 e. The standard InChI is InChI=1S/C15H22N2O4/c1-5-16-15(20)17-14(19)11(4)21-13-7-6-9(2)8-12(13)10(3)18/h6-8,10-11,18H,5H2,1-4H3,(H2,16,17,19,20)/t10-,11?/m1/s1. The number of amides is 3. The van der Waals surface area contributed by atoms with Gasteiger partial charge >= 0.3 is 6.03 Å². The number of nitrogens with one attached hydrogen (secondary N) is 2. The summed E-state index contributed by atoms with van der Waals surface area (Å²) >= 11 is 0. The van der Waals surface area contributed by atoms with E-state index in [-0.39, 0.29) is 0 Å². The second-order valence-electron chi connectivity index (χ2n) is 4.83. The highest BCUT2D eigenvalue weighted by atomic mass is 16.5. The van der Waals surface area contributed by atoms with Gasteiger partial charge in [0, 0.05) is 12.1 Å². The summed E-state index contributed by atoms with van der Waals surface area (Å²) < 4.78 is 5.55. The molecule has 116 valence electrons. The number of aryl methyl sites for hydroxylation is 1. The number of hydrogen-bond acceptors (Lipinski definition) is 4. The largest absolute Gasteiger partial charge is 0.481 e. The van der Waals surface area contributed by atoms with Gasteiger partial charge in [0.25, 0.3) is 5.91 Å². The lowest BCUT2D eigenvalue weighted by Crippen LogP contribution is -2.45. The number of benzene rings is 1. The second-order valence-corrected chi connectivity index (χ2v) is 4.83. The first-order chi connectivity index (χ1) is 9.85. The molecular formula is C15H22N2O4. The van der Waals surface area contributed by atoms with Crippen molar-refractivity contribution in [1.29, 1.82) is 0 Å². The SMILES string of the molecule is CCNC(=O)NC(=O)C(C)Oc1ccc(C)cc1[C@@H](C)O. The fourth-order valence-corrected chi connectivity index (χ4v) is 1.76. The summed E-state index contributed by atoms with van der Waals surface area (Å²) in [5.74, 6) is -0.118. The lowest BCUT2D eigenvalue weighted by Gasteiger charge is -2.18. The first-order valence-electron chi connectivity index (χ1n) is 6.89. The van der Waals surface area contributed by atoms with Gasteiger partial charge in [-0.05, 0) is 39.8 Å². The minimum absolute atomic E-state index is 0.425. The predicted molar refractivity (Wildman–Crippen MR) is 79.1 cm³/mol. The third kappa shape index (κ3) is 5.07. The first kappa shape index (κ1) is 17.0. The molecule has 0 spiro atoms. The van der Waals surface area contributed by atoms with E-state index in [1.807, 2.05) is 13.0 Å². The highest BCUT2D eigenvalue weighted by molar-refractivity contribution is 5.96. The van der Waals surface area contributed by atoms with E-state index in [9.17, 15) is 14.7 Å². The van der Waals surface area contributed by atoms with E-state index in [4.69, 9.17) is 4.74 Å². The summed E-state index contributed by atoms with van der Waals surface area (Å²) in [5.41, 5.74) is 1.59. The van der Waals surface area contributed by atoms with Crippen molar-refractivity contribution in [1.82, 2.24) is 10.6 Å². The summed E-state index contributed by atoms with van der Waals surface area (Å²) in [7, 11) is 0. The second kappa shape index (κ2) is 7.64. The van der Waals surface area contributed by atoms with Crippen LogP contribution in [0.4, 0.5) is 4.79 Å². The number of urea groups is 1. The highest BCUT2D eigenvalue weighted by Crippen LogP contribution is 2.27. The Morgan fingerprint density at radius 1 is 1.33 bits per heavy atom. The fraction of sp³-hybridized carbons (Fsp3) is 0.467. The molecule has 6 nitrogen and oxygen atoms in total. The van der Waals surface area contributed by atoms with Gasteiger partial charge < -0.3 is 15.2 Å². The van der Waals surface area contributed by atoms with E-state index < -0.39 is 24.1 Å². The monoisotopic (exact) mass is 294 g/mol. The molecular weight excluding hydrogens is 272 g/mol. The Balaban J connectivity index is 2.76. The van der Waals surface area contributed by atoms with Crippen molar-refractivity contribution in [2.75, 3.05) is 6.54 Å². The number of aliphatic hydroxyl groups is 1. The van der Waals surface area contributed by atoms with Crippen LogP contribution in [0, 0.1) is 6.92 Å². The zero-order valence-corrected chi connectivity index (χ0v) is 12.8. The van der Waals surface area contributed by atoms with Crippen molar-refractivity contribution in [2.45, 2.75) is 39.9 Å². The Kier molecular flexibility index (Phi) is 6.17. The van der Waals surface area contributed by atoms with Crippen LogP contribution in [0.25, 0.3) is 0 Å². The van der Waals surface area contributed by atoms with Crippen LogP contribution in [-0.4, -0.2) is 29.7 Å². The fourth-order valence-electron chi connectivity index (χ4n) is 1.76. The van der Waals surface area contributed by atoms with Crippen molar-refractivity contribution in [3.63, 3.8) is 0 Å². The van der Waals surface area contributed by atoms with E-state index in [1.54, 1.807) is 32.9 Å². The van der Waals surface area contributed by atoms with Gasteiger partial charge in [0.1, 0.15) is 5.75 Å². The van der Waals surface area contributed by atoms with E-state index in [1.165, 1.54) is 0 Å². The molecule has 0 aliphatic heterocycles. The molecule has 0 fully saturated rings. The molecule has 0 saturated heterocycles. The average Bonchev–Trinajstić information content (AvgIpc) is 2.40. The van der Waals surface area contributed by atoms with Gasteiger partial charge in [-0.1, -0.05) is 11.6 Å². The van der Waals surface area contributed by atoms with Crippen LogP contribution in [0.5, 0.6) is 5.75 Å². The third-order valence-electron chi connectivity index (χ3n) is 2.86. The van der Waals surface area contributed by atoms with Crippen molar-refractivity contribution in [3.8, 4) is 5.75 Å². The van der Waals surface area contributed by atoms with Crippen LogP contribution in [0.2, 0.25) is 0 Å². The summed E-state index contributed by atoms with van der Waals surface area (Å²) in [4.78, 5) is 23.1. The zero-order chi connectivity index (χ0) is 16.0. The van der Waals surface area contributed by atoms with Crippen LogP contribution in [0.3, 0.4) is 0 Å². The van der Waals surface area contributed by atoms with Gasteiger partial charge in [-0.2, -0.15) is 0 Å². The van der Waals surface area contributed by atoms with Gasteiger partial charge in [0.05, 0.1) is 6.10 Å². The smallest absolute Gasteiger partial charge is 0.321 e. The Bertz CT molecular complexity index is 514. The molecule has 0 aromatic heterocycles. The molecule has 0 bridgehead atoms. The van der Waals surface area contributed by atoms with Crippen molar-refractivity contribution >= 4 is 11.9 Å². The Hall–Kier alpha value is -2.08. The van der Waals surface area contributed by atoms with Gasteiger partial charge in [-0.15, -0.1) is 0 Å². The summed E-state index contributed by atoms with van der Waals surface area (Å²) in [6.07, 6.45) is -1.56. The maximum atomic E-state index is 11.8. The normalized spacial score (nSPS) is 13.2. The molecule has 0 aliphatic rings. The lowest BCUT2D eigenvalue weighted by molar-refractivity contribution is -0.126. The van der Waals surface area contributed by atoms with Crippen LogP contribution in [0.1, 0.15) is 38.0 Å². The Morgan fingerprint density at radius 2 is 2.00 bits per heavy atom. The van der Waals surface area contributed by atoms with Gasteiger partial charge in [-0.25, -0.2) is 4.79 Å². The zero-order valence-electron chi connectivity index (χ0n) is 12.8. The van der Waals surface area contributed by atoms with Crippen LogP contribution in [0.15, 0.2) is 18.2 Å². The maximum absolute atomic E-state index is 11.8. The molecule has 1 unspecified atom stereocenters. The Morgan fingerprint density at radius 3 is 2.57 bits per heavy atom. The summed E-state index contributed by atoms with van der Waals surface area (Å²) in [5, 5.41) is 14.4. The molecule has 2 atom stereocenters. The molecule has 1 rings (SSSR count). The lowest BCUT2D eigenvalue weighted by atomic mass is 10.1. The van der Waals surface area contributed by atoms with E-state index in [0.29, 0.717) is 17.9 Å². The van der Waals surface area contributed by atoms with Crippen molar-refractivity contribution in [2.24, 2.45) is 0 Å². The van der Waals surface area contributed by atoms with Crippen LogP contribution in [-0.2, 0) is 4.79 Å². The van der Waals surface area contributed by atoms with E-state index in [2.05, 4.69) is 10.6 Å².